The molecule has 3 nitrogen and oxygen atoms in total. The van der Waals surface area contributed by atoms with Crippen LogP contribution in [0, 0.1) is 0 Å². The number of anilines is 1. The van der Waals surface area contributed by atoms with Crippen LogP contribution >= 0.6 is 12.4 Å². The molecule has 0 amide bonds. The Balaban J connectivity index is 0.000000845. The molecule has 0 saturated heterocycles. The topological polar surface area (TPSA) is 54.7 Å². The highest BCUT2D eigenvalue weighted by Gasteiger charge is 1.97. The maximum atomic E-state index is 5.62. The highest BCUT2D eigenvalue weighted by molar-refractivity contribution is 5.85. The van der Waals surface area contributed by atoms with Crippen LogP contribution in [0.25, 0.3) is 11.4 Å². The number of nitrogens with one attached hydrogen (secondary N) is 1. The van der Waals surface area contributed by atoms with Gasteiger partial charge in [-0.05, 0) is 12.1 Å². The van der Waals surface area contributed by atoms with Gasteiger partial charge >= 0.3 is 0 Å². The maximum absolute atomic E-state index is 5.62. The zero-order valence-electron chi connectivity index (χ0n) is 6.90. The van der Waals surface area contributed by atoms with Crippen LogP contribution in [0.1, 0.15) is 0 Å². The van der Waals surface area contributed by atoms with Crippen LogP contribution in [0.15, 0.2) is 36.7 Å². The van der Waals surface area contributed by atoms with Crippen LogP contribution in [-0.2, 0) is 0 Å². The van der Waals surface area contributed by atoms with E-state index in [0.29, 0.717) is 0 Å². The Morgan fingerprint density at radius 3 is 2.77 bits per heavy atom. The first-order valence-electron chi connectivity index (χ1n) is 3.71. The van der Waals surface area contributed by atoms with Crippen molar-refractivity contribution in [3.05, 3.63) is 36.7 Å². The van der Waals surface area contributed by atoms with E-state index in [9.17, 15) is 0 Å². The summed E-state index contributed by atoms with van der Waals surface area (Å²) in [5.41, 5.74) is 7.39. The number of aromatic nitrogens is 2. The van der Waals surface area contributed by atoms with Gasteiger partial charge in [-0.1, -0.05) is 12.1 Å². The smallest absolute Gasteiger partial charge is 0.137 e. The maximum Gasteiger partial charge on any atom is 0.137 e. The molecular formula is C9H10ClN3. The molecule has 2 rings (SSSR count). The average molecular weight is 196 g/mol. The molecule has 0 aliphatic rings. The van der Waals surface area contributed by atoms with Crippen LogP contribution in [0.2, 0.25) is 0 Å². The molecule has 0 saturated carbocycles. The Labute approximate surface area is 82.4 Å². The second-order valence-corrected chi connectivity index (χ2v) is 2.56. The number of hydrogen-bond acceptors (Lipinski definition) is 2. The summed E-state index contributed by atoms with van der Waals surface area (Å²) in [5.74, 6) is 0.849. The number of H-pyrrole nitrogens is 1. The SMILES string of the molecule is Cl.Nc1cccc(-c2ncc[nH]2)c1. The monoisotopic (exact) mass is 195 g/mol. The van der Waals surface area contributed by atoms with E-state index < -0.39 is 0 Å². The zero-order chi connectivity index (χ0) is 8.39. The van der Waals surface area contributed by atoms with Crippen LogP contribution < -0.4 is 5.73 Å². The van der Waals surface area contributed by atoms with Crippen LogP contribution in [0.5, 0.6) is 0 Å². The fourth-order valence-corrected chi connectivity index (χ4v) is 1.11. The average Bonchev–Trinajstić information content (AvgIpc) is 2.56. The van der Waals surface area contributed by atoms with Gasteiger partial charge in [0.2, 0.25) is 0 Å². The van der Waals surface area contributed by atoms with E-state index >= 15 is 0 Å². The molecule has 0 fully saturated rings. The van der Waals surface area contributed by atoms with Gasteiger partial charge in [-0.15, -0.1) is 12.4 Å². The number of nitrogens with zero attached hydrogens (tertiary/aromatic N) is 1. The number of nitrogens with two attached hydrogens (primary N) is 1. The summed E-state index contributed by atoms with van der Waals surface area (Å²) in [6, 6.07) is 7.62. The Morgan fingerprint density at radius 1 is 1.31 bits per heavy atom. The van der Waals surface area contributed by atoms with E-state index in [0.717, 1.165) is 17.1 Å². The van der Waals surface area contributed by atoms with Crippen molar-refractivity contribution in [1.29, 1.82) is 0 Å². The van der Waals surface area contributed by atoms with E-state index in [-0.39, 0.29) is 12.4 Å². The number of aromatic amines is 1. The van der Waals surface area contributed by atoms with Crippen molar-refractivity contribution in [2.75, 3.05) is 5.73 Å². The lowest BCUT2D eigenvalue weighted by molar-refractivity contribution is 1.31. The fourth-order valence-electron chi connectivity index (χ4n) is 1.11. The minimum Gasteiger partial charge on any atom is -0.399 e. The van der Waals surface area contributed by atoms with E-state index in [1.807, 2.05) is 24.3 Å². The summed E-state index contributed by atoms with van der Waals surface area (Å²) in [5, 5.41) is 0. The molecule has 0 atom stereocenters. The van der Waals surface area contributed by atoms with Gasteiger partial charge < -0.3 is 10.7 Å². The minimum atomic E-state index is 0. The molecule has 3 N–H and O–H groups in total. The van der Waals surface area contributed by atoms with Crippen LogP contribution in [0.3, 0.4) is 0 Å². The van der Waals surface area contributed by atoms with Crippen molar-refractivity contribution in [2.45, 2.75) is 0 Å². The molecule has 1 heterocycles. The van der Waals surface area contributed by atoms with Gasteiger partial charge in [0.1, 0.15) is 5.82 Å². The first-order chi connectivity index (χ1) is 5.86. The fraction of sp³-hybridized carbons (Fsp3) is 0. The third-order valence-electron chi connectivity index (χ3n) is 1.66. The van der Waals surface area contributed by atoms with Gasteiger partial charge in [0, 0.05) is 23.6 Å². The normalized spacial score (nSPS) is 9.23. The molecule has 0 radical (unpaired) electrons. The summed E-state index contributed by atoms with van der Waals surface area (Å²) in [6.07, 6.45) is 3.51. The van der Waals surface area contributed by atoms with E-state index in [2.05, 4.69) is 9.97 Å². The molecule has 1 aromatic heterocycles. The third-order valence-corrected chi connectivity index (χ3v) is 1.66. The van der Waals surface area contributed by atoms with Crippen LogP contribution in [0.4, 0.5) is 5.69 Å². The predicted octanol–water partition coefficient (Wildman–Crippen LogP) is 2.08. The van der Waals surface area contributed by atoms with Crippen molar-refractivity contribution in [1.82, 2.24) is 9.97 Å². The quantitative estimate of drug-likeness (QED) is 0.685. The van der Waals surface area contributed by atoms with E-state index in [1.54, 1.807) is 12.4 Å². The van der Waals surface area contributed by atoms with Gasteiger partial charge in [0.25, 0.3) is 0 Å². The molecule has 0 unspecified atom stereocenters. The summed E-state index contributed by atoms with van der Waals surface area (Å²) in [6.45, 7) is 0. The number of imidazole rings is 1. The van der Waals surface area contributed by atoms with Crippen molar-refractivity contribution in [3.63, 3.8) is 0 Å². The number of nitrogen functional groups attached to an aromatic ring is 1. The highest BCUT2D eigenvalue weighted by Crippen LogP contribution is 2.16. The van der Waals surface area contributed by atoms with Crippen molar-refractivity contribution >= 4 is 18.1 Å². The number of halogens is 1. The molecule has 0 aliphatic carbocycles. The predicted molar refractivity (Wildman–Crippen MR) is 55.7 cm³/mol. The first-order valence-corrected chi connectivity index (χ1v) is 3.71. The minimum absolute atomic E-state index is 0. The summed E-state index contributed by atoms with van der Waals surface area (Å²) in [4.78, 5) is 7.13. The molecule has 2 aromatic rings. The Hall–Kier alpha value is -1.48. The van der Waals surface area contributed by atoms with Crippen molar-refractivity contribution < 1.29 is 0 Å². The van der Waals surface area contributed by atoms with Crippen LogP contribution in [-0.4, -0.2) is 9.97 Å². The first kappa shape index (κ1) is 9.61. The van der Waals surface area contributed by atoms with E-state index in [4.69, 9.17) is 5.73 Å². The summed E-state index contributed by atoms with van der Waals surface area (Å²) in [7, 11) is 0. The van der Waals surface area contributed by atoms with Crippen molar-refractivity contribution in [2.24, 2.45) is 0 Å². The number of hydrogen-bond donors (Lipinski definition) is 2. The second-order valence-electron chi connectivity index (χ2n) is 2.56. The lowest BCUT2D eigenvalue weighted by atomic mass is 10.2. The Bertz CT molecular complexity index is 370. The molecule has 68 valence electrons. The van der Waals surface area contributed by atoms with Gasteiger partial charge in [-0.3, -0.25) is 0 Å². The summed E-state index contributed by atoms with van der Waals surface area (Å²) >= 11 is 0. The standard InChI is InChI=1S/C9H9N3.ClH/c10-8-3-1-2-7(6-8)9-11-4-5-12-9;/h1-6H,10H2,(H,11,12);1H. The van der Waals surface area contributed by atoms with Gasteiger partial charge in [-0.25, -0.2) is 4.98 Å². The lowest BCUT2D eigenvalue weighted by Gasteiger charge is -1.97. The molecule has 0 aliphatic heterocycles. The highest BCUT2D eigenvalue weighted by atomic mass is 35.5. The van der Waals surface area contributed by atoms with Gasteiger partial charge in [0.05, 0.1) is 0 Å². The molecule has 0 bridgehead atoms. The molecule has 1 aromatic carbocycles. The molecule has 4 heteroatoms. The summed E-state index contributed by atoms with van der Waals surface area (Å²) < 4.78 is 0. The lowest BCUT2D eigenvalue weighted by Crippen LogP contribution is -1.85. The molecule has 13 heavy (non-hydrogen) atoms. The second kappa shape index (κ2) is 3.96. The Kier molecular flexibility index (Phi) is 2.93. The van der Waals surface area contributed by atoms with Gasteiger partial charge in [-0.2, -0.15) is 0 Å². The number of benzene rings is 1. The zero-order valence-corrected chi connectivity index (χ0v) is 7.71. The Morgan fingerprint density at radius 2 is 2.15 bits per heavy atom. The number of rotatable bonds is 1. The third kappa shape index (κ3) is 2.00. The van der Waals surface area contributed by atoms with E-state index in [1.165, 1.54) is 0 Å². The largest absolute Gasteiger partial charge is 0.399 e. The molecular weight excluding hydrogens is 186 g/mol. The van der Waals surface area contributed by atoms with Gasteiger partial charge in [0.15, 0.2) is 0 Å². The molecule has 0 spiro atoms. The van der Waals surface area contributed by atoms with Crippen molar-refractivity contribution in [3.8, 4) is 11.4 Å².